The molecule has 126 valence electrons. The second-order valence-electron chi connectivity index (χ2n) is 5.35. The molecule has 1 aliphatic rings. The molecule has 9 heteroatoms. The number of carbonyl (C=O) groups excluding carboxylic acids is 1. The monoisotopic (exact) mass is 337 g/mol. The first-order valence-corrected chi connectivity index (χ1v) is 7.17. The standard InChI is InChI=1S/C15H14F3N5O/c16-15(17,18)10-3-1-2-4-11(10)22-14(24)23-6-5-9-7-20-13(19)21-12(9)8-23/h1-4,7H,5-6,8H2,(H,22,24)(H2,19,20,21). The van der Waals surface area contributed by atoms with E-state index in [4.69, 9.17) is 5.73 Å². The minimum Gasteiger partial charge on any atom is -0.368 e. The molecule has 0 fully saturated rings. The Morgan fingerprint density at radius 3 is 2.79 bits per heavy atom. The van der Waals surface area contributed by atoms with Crippen molar-refractivity contribution in [3.8, 4) is 0 Å². The van der Waals surface area contributed by atoms with Crippen LogP contribution in [0.1, 0.15) is 16.8 Å². The topological polar surface area (TPSA) is 84.1 Å². The first-order chi connectivity index (χ1) is 11.3. The molecule has 2 amide bonds. The molecule has 24 heavy (non-hydrogen) atoms. The minimum atomic E-state index is -4.54. The van der Waals surface area contributed by atoms with Crippen molar-refractivity contribution in [1.29, 1.82) is 0 Å². The van der Waals surface area contributed by atoms with Gasteiger partial charge in [0.2, 0.25) is 5.95 Å². The van der Waals surface area contributed by atoms with Crippen LogP contribution in [0.2, 0.25) is 0 Å². The predicted molar refractivity (Wildman–Crippen MR) is 81.0 cm³/mol. The van der Waals surface area contributed by atoms with Crippen molar-refractivity contribution in [2.45, 2.75) is 19.1 Å². The molecule has 0 radical (unpaired) electrons. The first-order valence-electron chi connectivity index (χ1n) is 7.17. The molecule has 1 aromatic carbocycles. The molecule has 3 N–H and O–H groups in total. The van der Waals surface area contributed by atoms with E-state index in [0.29, 0.717) is 18.7 Å². The van der Waals surface area contributed by atoms with Gasteiger partial charge in [-0.25, -0.2) is 14.8 Å². The number of alkyl halides is 3. The fraction of sp³-hybridized carbons (Fsp3) is 0.267. The maximum atomic E-state index is 13.0. The average molecular weight is 337 g/mol. The van der Waals surface area contributed by atoms with Gasteiger partial charge in [0.25, 0.3) is 0 Å². The number of halogens is 3. The van der Waals surface area contributed by atoms with Crippen LogP contribution in [0.25, 0.3) is 0 Å². The number of benzene rings is 1. The smallest absolute Gasteiger partial charge is 0.368 e. The summed E-state index contributed by atoms with van der Waals surface area (Å²) in [6.45, 7) is 0.530. The Bertz CT molecular complexity index is 778. The number of fused-ring (bicyclic) bond motifs is 1. The van der Waals surface area contributed by atoms with Crippen molar-refractivity contribution in [3.05, 3.63) is 47.3 Å². The number of hydrogen-bond acceptors (Lipinski definition) is 4. The SMILES string of the molecule is Nc1ncc2c(n1)CN(C(=O)Nc1ccccc1C(F)(F)F)CC2. The lowest BCUT2D eigenvalue weighted by molar-refractivity contribution is -0.136. The molecule has 0 unspecified atom stereocenters. The van der Waals surface area contributed by atoms with Crippen LogP contribution in [-0.2, 0) is 19.1 Å². The molecule has 0 bridgehead atoms. The van der Waals surface area contributed by atoms with Crippen LogP contribution in [0.15, 0.2) is 30.5 Å². The maximum absolute atomic E-state index is 13.0. The molecule has 2 aromatic rings. The van der Waals surface area contributed by atoms with Crippen molar-refractivity contribution in [3.63, 3.8) is 0 Å². The van der Waals surface area contributed by atoms with E-state index in [0.717, 1.165) is 11.6 Å². The van der Waals surface area contributed by atoms with E-state index in [-0.39, 0.29) is 18.2 Å². The van der Waals surface area contributed by atoms with E-state index in [1.54, 1.807) is 6.20 Å². The van der Waals surface area contributed by atoms with Gasteiger partial charge in [-0.1, -0.05) is 12.1 Å². The molecule has 6 nitrogen and oxygen atoms in total. The van der Waals surface area contributed by atoms with Crippen LogP contribution in [0, 0.1) is 0 Å². The van der Waals surface area contributed by atoms with Gasteiger partial charge >= 0.3 is 12.2 Å². The number of nitrogens with two attached hydrogens (primary N) is 1. The highest BCUT2D eigenvalue weighted by molar-refractivity contribution is 5.90. The van der Waals surface area contributed by atoms with Crippen LogP contribution in [0.3, 0.4) is 0 Å². The number of nitrogens with one attached hydrogen (secondary N) is 1. The van der Waals surface area contributed by atoms with Gasteiger partial charge in [-0.15, -0.1) is 0 Å². The normalized spacial score (nSPS) is 14.2. The Morgan fingerprint density at radius 2 is 2.04 bits per heavy atom. The number of hydrogen-bond donors (Lipinski definition) is 2. The Labute approximate surface area is 135 Å². The number of amides is 2. The highest BCUT2D eigenvalue weighted by atomic mass is 19.4. The van der Waals surface area contributed by atoms with Crippen LogP contribution < -0.4 is 11.1 Å². The molecule has 0 aliphatic carbocycles. The molecule has 3 rings (SSSR count). The number of aromatic nitrogens is 2. The summed E-state index contributed by atoms with van der Waals surface area (Å²) >= 11 is 0. The van der Waals surface area contributed by atoms with Crippen molar-refractivity contribution in [2.75, 3.05) is 17.6 Å². The summed E-state index contributed by atoms with van der Waals surface area (Å²) in [4.78, 5) is 21.7. The van der Waals surface area contributed by atoms with Gasteiger partial charge in [0.1, 0.15) is 0 Å². The number of carbonyl (C=O) groups is 1. The summed E-state index contributed by atoms with van der Waals surface area (Å²) in [6.07, 6.45) is -2.42. The highest BCUT2D eigenvalue weighted by Gasteiger charge is 2.34. The van der Waals surface area contributed by atoms with Crippen molar-refractivity contribution >= 4 is 17.7 Å². The van der Waals surface area contributed by atoms with Gasteiger partial charge in [-0.3, -0.25) is 0 Å². The lowest BCUT2D eigenvalue weighted by atomic mass is 10.1. The summed E-state index contributed by atoms with van der Waals surface area (Å²) in [7, 11) is 0. The molecule has 0 spiro atoms. The molecular formula is C15H14F3N5O. The number of urea groups is 1. The largest absolute Gasteiger partial charge is 0.418 e. The molecular weight excluding hydrogens is 323 g/mol. The molecule has 1 aromatic heterocycles. The molecule has 0 saturated carbocycles. The van der Waals surface area contributed by atoms with Crippen LogP contribution in [0.5, 0.6) is 0 Å². The Kier molecular flexibility index (Phi) is 4.00. The molecule has 0 saturated heterocycles. The molecule has 1 aliphatic heterocycles. The zero-order valence-corrected chi connectivity index (χ0v) is 12.5. The number of anilines is 2. The van der Waals surface area contributed by atoms with Gasteiger partial charge in [0, 0.05) is 12.7 Å². The van der Waals surface area contributed by atoms with Gasteiger partial charge in [0.05, 0.1) is 23.5 Å². The minimum absolute atomic E-state index is 0.0958. The lowest BCUT2D eigenvalue weighted by Gasteiger charge is -2.28. The zero-order chi connectivity index (χ0) is 17.3. The fourth-order valence-electron chi connectivity index (χ4n) is 2.53. The Morgan fingerprint density at radius 1 is 1.29 bits per heavy atom. The van der Waals surface area contributed by atoms with E-state index in [2.05, 4.69) is 15.3 Å². The Balaban J connectivity index is 1.77. The van der Waals surface area contributed by atoms with Crippen molar-refractivity contribution < 1.29 is 18.0 Å². The van der Waals surface area contributed by atoms with Crippen molar-refractivity contribution in [2.24, 2.45) is 0 Å². The summed E-state index contributed by atoms with van der Waals surface area (Å²) in [5.41, 5.74) is 5.85. The summed E-state index contributed by atoms with van der Waals surface area (Å²) in [5, 5.41) is 2.32. The lowest BCUT2D eigenvalue weighted by Crippen LogP contribution is -2.39. The van der Waals surface area contributed by atoms with E-state index in [1.807, 2.05) is 0 Å². The van der Waals surface area contributed by atoms with E-state index < -0.39 is 17.8 Å². The van der Waals surface area contributed by atoms with E-state index >= 15 is 0 Å². The molecule has 0 atom stereocenters. The molecule has 2 heterocycles. The third-order valence-electron chi connectivity index (χ3n) is 3.73. The zero-order valence-electron chi connectivity index (χ0n) is 12.5. The Hall–Kier alpha value is -2.84. The highest BCUT2D eigenvalue weighted by Crippen LogP contribution is 2.34. The summed E-state index contributed by atoms with van der Waals surface area (Å²) in [5.74, 6) is 0.0958. The van der Waals surface area contributed by atoms with E-state index in [1.165, 1.54) is 23.1 Å². The van der Waals surface area contributed by atoms with Gasteiger partial charge < -0.3 is 16.0 Å². The third kappa shape index (κ3) is 3.24. The maximum Gasteiger partial charge on any atom is 0.418 e. The number of para-hydroxylation sites is 1. The third-order valence-corrected chi connectivity index (χ3v) is 3.73. The van der Waals surface area contributed by atoms with Crippen LogP contribution >= 0.6 is 0 Å². The van der Waals surface area contributed by atoms with Gasteiger partial charge in [-0.2, -0.15) is 13.2 Å². The summed E-state index contributed by atoms with van der Waals surface area (Å²) < 4.78 is 39.0. The second kappa shape index (κ2) is 5.99. The second-order valence-corrected chi connectivity index (χ2v) is 5.35. The van der Waals surface area contributed by atoms with Crippen LogP contribution in [-0.4, -0.2) is 27.4 Å². The average Bonchev–Trinajstić information content (AvgIpc) is 2.53. The van der Waals surface area contributed by atoms with Gasteiger partial charge in [0.15, 0.2) is 0 Å². The van der Waals surface area contributed by atoms with Gasteiger partial charge in [-0.05, 0) is 24.1 Å². The fourth-order valence-corrected chi connectivity index (χ4v) is 2.53. The number of nitrogen functional groups attached to an aromatic ring is 1. The number of nitrogens with zero attached hydrogens (tertiary/aromatic N) is 3. The summed E-state index contributed by atoms with van der Waals surface area (Å²) in [6, 6.07) is 4.24. The van der Waals surface area contributed by atoms with Crippen LogP contribution in [0.4, 0.5) is 29.6 Å². The predicted octanol–water partition coefficient (Wildman–Crippen LogP) is 2.67. The van der Waals surface area contributed by atoms with E-state index in [9.17, 15) is 18.0 Å². The van der Waals surface area contributed by atoms with Crippen molar-refractivity contribution in [1.82, 2.24) is 14.9 Å². The first kappa shape index (κ1) is 16.0. The number of rotatable bonds is 1. The quantitative estimate of drug-likeness (QED) is 0.838.